The van der Waals surface area contributed by atoms with Crippen molar-refractivity contribution in [2.75, 3.05) is 23.8 Å². The van der Waals surface area contributed by atoms with E-state index in [2.05, 4.69) is 26.3 Å². The lowest BCUT2D eigenvalue weighted by Crippen LogP contribution is -2.68. The molecule has 17 heteroatoms. The van der Waals surface area contributed by atoms with E-state index in [9.17, 15) is 29.1 Å². The van der Waals surface area contributed by atoms with Gasteiger partial charge < -0.3 is 49.3 Å². The first kappa shape index (κ1) is 42.3. The highest BCUT2D eigenvalue weighted by molar-refractivity contribution is 8.03. The summed E-state index contributed by atoms with van der Waals surface area (Å²) in [6.07, 6.45) is 1.01. The molecule has 4 atom stereocenters. The smallest absolute Gasteiger partial charge is 0.247 e. The Labute approximate surface area is 324 Å². The van der Waals surface area contributed by atoms with Gasteiger partial charge in [0.05, 0.1) is 6.04 Å². The third-order valence-electron chi connectivity index (χ3n) is 9.80. The summed E-state index contributed by atoms with van der Waals surface area (Å²) < 4.78 is -0.879. The summed E-state index contributed by atoms with van der Waals surface area (Å²) in [6, 6.07) is 6.47. The Kier molecular flexibility index (Phi) is 14.3. The summed E-state index contributed by atoms with van der Waals surface area (Å²) in [5, 5.41) is 21.5. The molecule has 1 aliphatic heterocycles. The lowest BCUT2D eigenvalue weighted by molar-refractivity contribution is -0.137. The van der Waals surface area contributed by atoms with Crippen molar-refractivity contribution >= 4 is 59.0 Å². The van der Waals surface area contributed by atoms with Crippen molar-refractivity contribution in [3.63, 3.8) is 0 Å². The maximum absolute atomic E-state index is 14.6. The summed E-state index contributed by atoms with van der Waals surface area (Å²) in [5.41, 5.74) is 25.5. The fourth-order valence-electron chi connectivity index (χ4n) is 6.83. The molecular weight excluding hydrogens is 731 g/mol. The number of aromatic hydroxyl groups is 1. The van der Waals surface area contributed by atoms with E-state index >= 15 is 0 Å². The molecule has 2 aromatic rings. The molecular formula is C37H53N9O6S2. The number of aliphatic imine (C=N–C) groups is 1. The van der Waals surface area contributed by atoms with Crippen molar-refractivity contribution < 1.29 is 29.1 Å². The molecule has 4 unspecified atom stereocenters. The fourth-order valence-corrected chi connectivity index (χ4v) is 9.13. The van der Waals surface area contributed by atoms with Crippen LogP contribution < -0.4 is 44.2 Å². The highest BCUT2D eigenvalue weighted by Crippen LogP contribution is 2.34. The average molecular weight is 784 g/mol. The van der Waals surface area contributed by atoms with E-state index in [1.54, 1.807) is 12.1 Å². The molecule has 1 spiro atoms. The molecule has 1 heterocycles. The van der Waals surface area contributed by atoms with E-state index in [1.165, 1.54) is 23.5 Å². The number of aryl methyl sites for hydroxylation is 2. The van der Waals surface area contributed by atoms with Crippen molar-refractivity contribution in [3.8, 4) is 5.75 Å². The van der Waals surface area contributed by atoms with Crippen molar-refractivity contribution in [1.82, 2.24) is 21.3 Å². The lowest BCUT2D eigenvalue weighted by Gasteiger charge is -2.37. The van der Waals surface area contributed by atoms with Crippen LogP contribution in [0.25, 0.3) is 0 Å². The first-order valence-electron chi connectivity index (χ1n) is 17.8. The zero-order valence-electron chi connectivity index (χ0n) is 31.2. The minimum Gasteiger partial charge on any atom is -0.508 e. The Balaban J connectivity index is 1.61. The van der Waals surface area contributed by atoms with Gasteiger partial charge in [0.25, 0.3) is 0 Å². The Morgan fingerprint density at radius 2 is 1.67 bits per heavy atom. The summed E-state index contributed by atoms with van der Waals surface area (Å²) in [6.45, 7) is 7.56. The van der Waals surface area contributed by atoms with Gasteiger partial charge in [-0.3, -0.25) is 29.0 Å². The van der Waals surface area contributed by atoms with Gasteiger partial charge in [-0.2, -0.15) is 23.5 Å². The third-order valence-corrected chi connectivity index (χ3v) is 12.5. The summed E-state index contributed by atoms with van der Waals surface area (Å²) in [4.78, 5) is 72.7. The van der Waals surface area contributed by atoms with Gasteiger partial charge in [-0.1, -0.05) is 24.3 Å². The predicted molar refractivity (Wildman–Crippen MR) is 213 cm³/mol. The van der Waals surface area contributed by atoms with Crippen molar-refractivity contribution in [1.29, 1.82) is 0 Å². The Hall–Kier alpha value is -4.48. The van der Waals surface area contributed by atoms with E-state index in [1.807, 2.05) is 52.0 Å². The number of nitrogens with one attached hydrogen (secondary N) is 4. The maximum Gasteiger partial charge on any atom is 0.247 e. The molecule has 1 aliphatic carbocycles. The van der Waals surface area contributed by atoms with Crippen LogP contribution in [0, 0.1) is 13.8 Å². The number of phenolic OH excluding ortho intramolecular Hbond substituents is 1. The number of benzene rings is 2. The van der Waals surface area contributed by atoms with Crippen LogP contribution >= 0.6 is 23.5 Å². The van der Waals surface area contributed by atoms with E-state index in [0.29, 0.717) is 17.9 Å². The van der Waals surface area contributed by atoms with Crippen LogP contribution in [0.3, 0.4) is 0 Å². The SMILES string of the molecule is Cc1cc(O)cc(C)c1CC(N)C(=O)NC1CSCCSC(C)(C)C(C(=O)NC(CCCN=C(N)N)C(N)=O)NC(=O)C2(Cc3ccccc3C2)NC1=O. The van der Waals surface area contributed by atoms with Crippen LogP contribution in [0.5, 0.6) is 5.75 Å². The molecule has 4 rings (SSSR count). The van der Waals surface area contributed by atoms with Crippen LogP contribution in [0.4, 0.5) is 0 Å². The molecule has 15 nitrogen and oxygen atoms in total. The van der Waals surface area contributed by atoms with Gasteiger partial charge in [-0.05, 0) is 86.9 Å². The quantitative estimate of drug-likeness (QED) is 0.0817. The molecule has 294 valence electrons. The van der Waals surface area contributed by atoms with Crippen molar-refractivity contribution in [3.05, 3.63) is 64.2 Å². The van der Waals surface area contributed by atoms with Gasteiger partial charge in [0.1, 0.15) is 29.4 Å². The van der Waals surface area contributed by atoms with Crippen LogP contribution in [0.15, 0.2) is 41.4 Å². The first-order chi connectivity index (χ1) is 25.4. The summed E-state index contributed by atoms with van der Waals surface area (Å²) in [7, 11) is 0. The predicted octanol–water partition coefficient (Wildman–Crippen LogP) is -0.215. The third kappa shape index (κ3) is 10.8. The number of nitrogens with two attached hydrogens (primary N) is 4. The Morgan fingerprint density at radius 1 is 1.04 bits per heavy atom. The van der Waals surface area contributed by atoms with Gasteiger partial charge in [-0.25, -0.2) is 0 Å². The molecule has 1 saturated heterocycles. The fraction of sp³-hybridized carbons (Fsp3) is 0.514. The normalized spacial score (nSPS) is 20.8. The first-order valence-corrected chi connectivity index (χ1v) is 20.0. The largest absolute Gasteiger partial charge is 0.508 e. The number of carbonyl (C=O) groups excluding carboxylic acids is 5. The van der Waals surface area contributed by atoms with Gasteiger partial charge in [0.15, 0.2) is 5.96 Å². The number of phenols is 1. The van der Waals surface area contributed by atoms with Crippen LogP contribution in [0.1, 0.15) is 54.5 Å². The van der Waals surface area contributed by atoms with Crippen LogP contribution in [-0.4, -0.2) is 98.9 Å². The minimum absolute atomic E-state index is 0.0959. The number of hydrogen-bond donors (Lipinski definition) is 9. The lowest BCUT2D eigenvalue weighted by atomic mass is 9.91. The minimum atomic E-state index is -1.51. The van der Waals surface area contributed by atoms with Gasteiger partial charge in [0, 0.05) is 41.4 Å². The number of carbonyl (C=O) groups is 5. The van der Waals surface area contributed by atoms with Crippen molar-refractivity contribution in [2.24, 2.45) is 27.9 Å². The van der Waals surface area contributed by atoms with Gasteiger partial charge >= 0.3 is 0 Å². The molecule has 0 saturated carbocycles. The molecule has 0 bridgehead atoms. The maximum atomic E-state index is 14.6. The molecule has 13 N–H and O–H groups in total. The zero-order valence-corrected chi connectivity index (χ0v) is 32.8. The molecule has 0 radical (unpaired) electrons. The molecule has 2 aliphatic rings. The van der Waals surface area contributed by atoms with Crippen LogP contribution in [-0.2, 0) is 43.2 Å². The molecule has 0 aromatic heterocycles. The topological polar surface area (TPSA) is 270 Å². The van der Waals surface area contributed by atoms with E-state index in [-0.39, 0.29) is 49.7 Å². The van der Waals surface area contributed by atoms with E-state index < -0.39 is 64.0 Å². The van der Waals surface area contributed by atoms with E-state index in [0.717, 1.165) is 27.8 Å². The zero-order chi connectivity index (χ0) is 39.8. The second-order valence-electron chi connectivity index (χ2n) is 14.5. The number of primary amides is 1. The molecule has 2 aromatic carbocycles. The monoisotopic (exact) mass is 783 g/mol. The second kappa shape index (κ2) is 18.2. The van der Waals surface area contributed by atoms with E-state index in [4.69, 9.17) is 22.9 Å². The van der Waals surface area contributed by atoms with Crippen LogP contribution in [0.2, 0.25) is 0 Å². The number of guanidine groups is 1. The average Bonchev–Trinajstić information content (AvgIpc) is 3.47. The van der Waals surface area contributed by atoms with Crippen molar-refractivity contribution in [2.45, 2.75) is 94.3 Å². The number of nitrogens with zero attached hydrogens (tertiary/aromatic N) is 1. The second-order valence-corrected chi connectivity index (χ2v) is 17.4. The number of rotatable bonds is 11. The molecule has 54 heavy (non-hydrogen) atoms. The highest BCUT2D eigenvalue weighted by Gasteiger charge is 2.49. The Morgan fingerprint density at radius 3 is 2.26 bits per heavy atom. The summed E-state index contributed by atoms with van der Waals surface area (Å²) in [5.74, 6) is -1.72. The number of hydrogen-bond acceptors (Lipinski definition) is 10. The highest BCUT2D eigenvalue weighted by atomic mass is 32.2. The summed E-state index contributed by atoms with van der Waals surface area (Å²) >= 11 is 2.90. The molecule has 1 fully saturated rings. The van der Waals surface area contributed by atoms with Gasteiger partial charge in [0.2, 0.25) is 29.5 Å². The van der Waals surface area contributed by atoms with Gasteiger partial charge in [-0.15, -0.1) is 0 Å². The molecule has 5 amide bonds. The number of amides is 5. The Bertz CT molecular complexity index is 1720. The standard InChI is InChI=1S/C37H53N9O6S2/c1-20-14-24(47)15-21(2)25(20)16-26(38)31(49)44-28-19-53-12-13-54-36(3,4)29(33(51)43-27(30(39)48)10-7-11-42-35(40)41)45-34(52)37(46-32(28)50)17-22-8-5-6-9-23(22)18-37/h5-6,8-9,14-15,26-29,47H,7,10-13,16-19,38H2,1-4H3,(H2,39,48)(H,43,51)(H,44,49)(H,45,52)(H,46,50)(H4,40,41,42). The number of thioether (sulfide) groups is 2. The number of fused-ring (bicyclic) bond motifs is 1.